The van der Waals surface area contributed by atoms with Crippen molar-refractivity contribution in [2.75, 3.05) is 19.0 Å². The largest absolute Gasteiger partial charge is 0.383 e. The zero-order chi connectivity index (χ0) is 11.3. The minimum absolute atomic E-state index is 0. The molecule has 0 fully saturated rings. The molecule has 0 aliphatic carbocycles. The Balaban J connectivity index is 0.00000225. The van der Waals surface area contributed by atoms with Gasteiger partial charge in [0.1, 0.15) is 11.0 Å². The number of nitrogens with one attached hydrogen (secondary N) is 1. The molecule has 16 heavy (non-hydrogen) atoms. The Morgan fingerprint density at radius 2 is 2.31 bits per heavy atom. The highest BCUT2D eigenvalue weighted by molar-refractivity contribution is 7.15. The zero-order valence-electron chi connectivity index (χ0n) is 9.10. The summed E-state index contributed by atoms with van der Waals surface area (Å²) in [4.78, 5) is 11.4. The highest BCUT2D eigenvalue weighted by Crippen LogP contribution is 2.15. The van der Waals surface area contributed by atoms with Crippen LogP contribution >= 0.6 is 23.7 Å². The summed E-state index contributed by atoms with van der Waals surface area (Å²) in [6.07, 6.45) is 0.803. The van der Waals surface area contributed by atoms with E-state index in [1.807, 2.05) is 6.92 Å². The second-order valence-electron chi connectivity index (χ2n) is 2.91. The van der Waals surface area contributed by atoms with E-state index >= 15 is 0 Å². The van der Waals surface area contributed by atoms with Crippen LogP contribution in [0.5, 0.6) is 0 Å². The fraction of sp³-hybridized carbons (Fsp3) is 0.625. The SMILES string of the molecule is CCc1nnc(NC(=O)C(N)COC)s1.Cl. The summed E-state index contributed by atoms with van der Waals surface area (Å²) in [6.45, 7) is 2.16. The molecule has 0 saturated heterocycles. The summed E-state index contributed by atoms with van der Waals surface area (Å²) in [5.41, 5.74) is 5.53. The Morgan fingerprint density at radius 1 is 1.62 bits per heavy atom. The number of nitrogens with two attached hydrogens (primary N) is 1. The number of aryl methyl sites for hydroxylation is 1. The first-order chi connectivity index (χ1) is 7.17. The molecule has 92 valence electrons. The standard InChI is InChI=1S/C8H14N4O2S.ClH/c1-3-6-11-12-8(15-6)10-7(13)5(9)4-14-2;/h5H,3-4,9H2,1-2H3,(H,10,12,13);1H. The normalized spacial score (nSPS) is 11.7. The van der Waals surface area contributed by atoms with Gasteiger partial charge in [-0.25, -0.2) is 0 Å². The minimum atomic E-state index is -0.677. The lowest BCUT2D eigenvalue weighted by Gasteiger charge is -2.08. The van der Waals surface area contributed by atoms with E-state index in [0.29, 0.717) is 5.13 Å². The van der Waals surface area contributed by atoms with Gasteiger partial charge in [-0.1, -0.05) is 18.3 Å². The molecule has 1 unspecified atom stereocenters. The number of carbonyl (C=O) groups is 1. The van der Waals surface area contributed by atoms with E-state index < -0.39 is 6.04 Å². The van der Waals surface area contributed by atoms with E-state index in [0.717, 1.165) is 11.4 Å². The number of nitrogens with zero attached hydrogens (tertiary/aromatic N) is 2. The Hall–Kier alpha value is -0.760. The van der Waals surface area contributed by atoms with Crippen molar-refractivity contribution in [2.24, 2.45) is 5.73 Å². The molecule has 6 nitrogen and oxygen atoms in total. The Morgan fingerprint density at radius 3 is 2.81 bits per heavy atom. The first kappa shape index (κ1) is 15.2. The third-order valence-electron chi connectivity index (χ3n) is 1.68. The molecule has 0 saturated carbocycles. The van der Waals surface area contributed by atoms with Gasteiger partial charge in [-0.3, -0.25) is 10.1 Å². The molecule has 1 rings (SSSR count). The maximum Gasteiger partial charge on any atom is 0.245 e. The van der Waals surface area contributed by atoms with E-state index in [9.17, 15) is 4.79 Å². The van der Waals surface area contributed by atoms with E-state index in [-0.39, 0.29) is 24.9 Å². The fourth-order valence-corrected chi connectivity index (χ4v) is 1.58. The molecule has 1 atom stereocenters. The molecular weight excluding hydrogens is 252 g/mol. The number of halogens is 1. The quantitative estimate of drug-likeness (QED) is 0.807. The van der Waals surface area contributed by atoms with Crippen LogP contribution in [0.2, 0.25) is 0 Å². The molecule has 0 spiro atoms. The van der Waals surface area contributed by atoms with Crippen molar-refractivity contribution in [2.45, 2.75) is 19.4 Å². The lowest BCUT2D eigenvalue weighted by molar-refractivity contribution is -0.118. The number of methoxy groups -OCH3 is 1. The van der Waals surface area contributed by atoms with Gasteiger partial charge in [-0.05, 0) is 6.42 Å². The number of rotatable bonds is 5. The average Bonchev–Trinajstić information content (AvgIpc) is 2.66. The molecule has 1 aromatic heterocycles. The fourth-order valence-electron chi connectivity index (χ4n) is 0.900. The third kappa shape index (κ3) is 4.40. The van der Waals surface area contributed by atoms with E-state index in [4.69, 9.17) is 10.5 Å². The average molecular weight is 267 g/mol. The van der Waals surface area contributed by atoms with Crippen LogP contribution in [0, 0.1) is 0 Å². The van der Waals surface area contributed by atoms with Crippen LogP contribution < -0.4 is 11.1 Å². The van der Waals surface area contributed by atoms with Gasteiger partial charge in [0.2, 0.25) is 11.0 Å². The second-order valence-corrected chi connectivity index (χ2v) is 3.97. The van der Waals surface area contributed by atoms with Gasteiger partial charge < -0.3 is 10.5 Å². The highest BCUT2D eigenvalue weighted by atomic mass is 35.5. The topological polar surface area (TPSA) is 90.1 Å². The van der Waals surface area contributed by atoms with Gasteiger partial charge in [0.05, 0.1) is 6.61 Å². The molecule has 0 bridgehead atoms. The highest BCUT2D eigenvalue weighted by Gasteiger charge is 2.14. The van der Waals surface area contributed by atoms with Gasteiger partial charge in [0.25, 0.3) is 0 Å². The number of carbonyl (C=O) groups excluding carboxylic acids is 1. The van der Waals surface area contributed by atoms with Crippen molar-refractivity contribution in [3.05, 3.63) is 5.01 Å². The van der Waals surface area contributed by atoms with Crippen LogP contribution in [0.3, 0.4) is 0 Å². The van der Waals surface area contributed by atoms with Crippen molar-refractivity contribution < 1.29 is 9.53 Å². The molecule has 1 amide bonds. The zero-order valence-corrected chi connectivity index (χ0v) is 10.7. The molecule has 0 aliphatic rings. The Bertz CT molecular complexity index is 334. The first-order valence-corrected chi connectivity index (χ1v) is 5.36. The molecule has 3 N–H and O–H groups in total. The molecular formula is C8H15ClN4O2S. The second kappa shape index (κ2) is 7.50. The summed E-state index contributed by atoms with van der Waals surface area (Å²) in [6, 6.07) is -0.677. The van der Waals surface area contributed by atoms with E-state index in [1.165, 1.54) is 18.4 Å². The molecule has 0 aromatic carbocycles. The van der Waals surface area contributed by atoms with Crippen molar-refractivity contribution in [1.29, 1.82) is 0 Å². The molecule has 1 heterocycles. The maximum atomic E-state index is 11.4. The van der Waals surface area contributed by atoms with Crippen molar-refractivity contribution in [1.82, 2.24) is 10.2 Å². The number of hydrogen-bond donors (Lipinski definition) is 2. The van der Waals surface area contributed by atoms with Gasteiger partial charge in [-0.15, -0.1) is 22.6 Å². The Labute approximate surface area is 104 Å². The van der Waals surface area contributed by atoms with Gasteiger partial charge in [-0.2, -0.15) is 0 Å². The van der Waals surface area contributed by atoms with Gasteiger partial charge >= 0.3 is 0 Å². The number of amides is 1. The predicted octanol–water partition coefficient (Wildman–Crippen LogP) is 0.435. The summed E-state index contributed by atoms with van der Waals surface area (Å²) < 4.78 is 4.77. The van der Waals surface area contributed by atoms with Crippen LogP contribution in [0.4, 0.5) is 5.13 Å². The van der Waals surface area contributed by atoms with Gasteiger partial charge in [0.15, 0.2) is 0 Å². The van der Waals surface area contributed by atoms with Crippen LogP contribution in [0.25, 0.3) is 0 Å². The Kier molecular flexibility index (Phi) is 7.15. The van der Waals surface area contributed by atoms with Gasteiger partial charge in [0, 0.05) is 7.11 Å². The van der Waals surface area contributed by atoms with Crippen LogP contribution in [0.15, 0.2) is 0 Å². The molecule has 1 aromatic rings. The monoisotopic (exact) mass is 266 g/mol. The smallest absolute Gasteiger partial charge is 0.245 e. The lowest BCUT2D eigenvalue weighted by atomic mass is 10.3. The summed E-state index contributed by atoms with van der Waals surface area (Å²) in [7, 11) is 1.49. The van der Waals surface area contributed by atoms with Crippen LogP contribution in [-0.2, 0) is 16.0 Å². The molecule has 0 aliphatic heterocycles. The third-order valence-corrected chi connectivity index (χ3v) is 2.67. The first-order valence-electron chi connectivity index (χ1n) is 4.55. The number of ether oxygens (including phenoxy) is 1. The summed E-state index contributed by atoms with van der Waals surface area (Å²) >= 11 is 1.35. The predicted molar refractivity (Wildman–Crippen MR) is 65.0 cm³/mol. The van der Waals surface area contributed by atoms with Crippen LogP contribution in [0.1, 0.15) is 11.9 Å². The lowest BCUT2D eigenvalue weighted by Crippen LogP contribution is -2.39. The molecule has 0 radical (unpaired) electrons. The maximum absolute atomic E-state index is 11.4. The number of anilines is 1. The van der Waals surface area contributed by atoms with E-state index in [1.54, 1.807) is 0 Å². The van der Waals surface area contributed by atoms with E-state index in [2.05, 4.69) is 15.5 Å². The van der Waals surface area contributed by atoms with Crippen molar-refractivity contribution >= 4 is 34.8 Å². The van der Waals surface area contributed by atoms with Crippen LogP contribution in [-0.4, -0.2) is 35.9 Å². The van der Waals surface area contributed by atoms with Crippen molar-refractivity contribution in [3.8, 4) is 0 Å². The summed E-state index contributed by atoms with van der Waals surface area (Å²) in [5.74, 6) is -0.310. The number of aromatic nitrogens is 2. The molecule has 8 heteroatoms. The number of hydrogen-bond acceptors (Lipinski definition) is 6. The van der Waals surface area contributed by atoms with Crippen molar-refractivity contribution in [3.63, 3.8) is 0 Å². The minimum Gasteiger partial charge on any atom is -0.383 e. The summed E-state index contributed by atoms with van der Waals surface area (Å²) in [5, 5.41) is 11.6.